The molecule has 0 radical (unpaired) electrons. The van der Waals surface area contributed by atoms with Crippen molar-refractivity contribution < 1.29 is 4.79 Å². The van der Waals surface area contributed by atoms with Crippen molar-refractivity contribution in [3.05, 3.63) is 63.3 Å². The number of hydrogen-bond donors (Lipinski definition) is 1. The molecular formula is C16H16BrClN2O. The van der Waals surface area contributed by atoms with Crippen LogP contribution in [0.25, 0.3) is 0 Å². The molecule has 1 amide bonds. The van der Waals surface area contributed by atoms with Crippen LogP contribution in [0.4, 0.5) is 0 Å². The van der Waals surface area contributed by atoms with Gasteiger partial charge in [-0.3, -0.25) is 4.79 Å². The zero-order chi connectivity index (χ0) is 15.4. The van der Waals surface area contributed by atoms with Crippen LogP contribution < -0.4 is 5.32 Å². The second kappa shape index (κ2) is 7.05. The Hall–Kier alpha value is -1.39. The molecule has 110 valence electrons. The van der Waals surface area contributed by atoms with E-state index >= 15 is 0 Å². The first kappa shape index (κ1) is 16.0. The number of rotatable bonds is 4. The fraction of sp³-hybridized carbons (Fsp3) is 0.250. The molecule has 2 aromatic rings. The minimum Gasteiger partial charge on any atom is -0.345 e. The van der Waals surface area contributed by atoms with Crippen LogP contribution in [0.2, 0.25) is 5.02 Å². The van der Waals surface area contributed by atoms with Gasteiger partial charge in [-0.2, -0.15) is 0 Å². The molecule has 1 heterocycles. The maximum absolute atomic E-state index is 12.3. The first-order valence-electron chi connectivity index (χ1n) is 6.65. The summed E-state index contributed by atoms with van der Waals surface area (Å²) >= 11 is 9.17. The Labute approximate surface area is 137 Å². The zero-order valence-electron chi connectivity index (χ0n) is 11.8. The second-order valence-corrected chi connectivity index (χ2v) is 6.37. The van der Waals surface area contributed by atoms with Gasteiger partial charge in [-0.05, 0) is 51.7 Å². The number of amides is 1. The molecule has 1 aromatic heterocycles. The van der Waals surface area contributed by atoms with Crippen molar-refractivity contribution in [3.63, 3.8) is 0 Å². The molecule has 0 aliphatic rings. The summed E-state index contributed by atoms with van der Waals surface area (Å²) in [6.45, 7) is 4.14. The predicted molar refractivity (Wildman–Crippen MR) is 88.4 cm³/mol. The fourth-order valence-corrected chi connectivity index (χ4v) is 2.40. The van der Waals surface area contributed by atoms with E-state index in [1.807, 2.05) is 24.3 Å². The summed E-state index contributed by atoms with van der Waals surface area (Å²) in [6, 6.07) is 11.0. The lowest BCUT2D eigenvalue weighted by molar-refractivity contribution is 0.0925. The SMILES string of the molecule is CC(C)C(NC(=O)c1ccc(Br)nc1)c1ccc(Cl)cc1. The second-order valence-electron chi connectivity index (χ2n) is 5.12. The van der Waals surface area contributed by atoms with Gasteiger partial charge in [0.15, 0.2) is 0 Å². The highest BCUT2D eigenvalue weighted by molar-refractivity contribution is 9.10. The minimum absolute atomic E-state index is 0.0709. The lowest BCUT2D eigenvalue weighted by atomic mass is 9.96. The molecule has 1 atom stereocenters. The van der Waals surface area contributed by atoms with Gasteiger partial charge in [0.05, 0.1) is 11.6 Å². The first-order valence-corrected chi connectivity index (χ1v) is 7.82. The molecule has 0 saturated heterocycles. The van der Waals surface area contributed by atoms with Crippen molar-refractivity contribution in [2.45, 2.75) is 19.9 Å². The predicted octanol–water partition coefficient (Wildman–Crippen LogP) is 4.62. The standard InChI is InChI=1S/C16H16BrClN2O/c1-10(2)15(11-3-6-13(18)7-4-11)20-16(21)12-5-8-14(17)19-9-12/h3-10,15H,1-2H3,(H,20,21). The molecule has 1 aromatic carbocycles. The molecule has 1 unspecified atom stereocenters. The Morgan fingerprint density at radius 1 is 1.19 bits per heavy atom. The highest BCUT2D eigenvalue weighted by atomic mass is 79.9. The van der Waals surface area contributed by atoms with E-state index in [1.54, 1.807) is 18.3 Å². The fourth-order valence-electron chi connectivity index (χ4n) is 2.04. The highest BCUT2D eigenvalue weighted by Crippen LogP contribution is 2.23. The number of hydrogen-bond acceptors (Lipinski definition) is 2. The van der Waals surface area contributed by atoms with Crippen LogP contribution in [0.3, 0.4) is 0 Å². The van der Waals surface area contributed by atoms with Gasteiger partial charge in [-0.15, -0.1) is 0 Å². The molecule has 2 rings (SSSR count). The van der Waals surface area contributed by atoms with Crippen molar-refractivity contribution in [1.82, 2.24) is 10.3 Å². The van der Waals surface area contributed by atoms with E-state index in [0.717, 1.165) is 5.56 Å². The third kappa shape index (κ3) is 4.29. The van der Waals surface area contributed by atoms with Gasteiger partial charge in [-0.1, -0.05) is 37.6 Å². The number of benzene rings is 1. The third-order valence-electron chi connectivity index (χ3n) is 3.17. The lowest BCUT2D eigenvalue weighted by Gasteiger charge is -2.23. The number of carbonyl (C=O) groups is 1. The van der Waals surface area contributed by atoms with Gasteiger partial charge in [0, 0.05) is 11.2 Å². The summed E-state index contributed by atoms with van der Waals surface area (Å²) in [7, 11) is 0. The van der Waals surface area contributed by atoms with E-state index in [9.17, 15) is 4.79 Å². The largest absolute Gasteiger partial charge is 0.345 e. The molecule has 5 heteroatoms. The Bertz CT molecular complexity index is 611. The van der Waals surface area contributed by atoms with E-state index in [4.69, 9.17) is 11.6 Å². The molecule has 3 nitrogen and oxygen atoms in total. The monoisotopic (exact) mass is 366 g/mol. The molecular weight excluding hydrogens is 352 g/mol. The molecule has 21 heavy (non-hydrogen) atoms. The number of carbonyl (C=O) groups excluding carboxylic acids is 1. The number of nitrogens with one attached hydrogen (secondary N) is 1. The molecule has 0 aliphatic heterocycles. The van der Waals surface area contributed by atoms with E-state index in [-0.39, 0.29) is 17.9 Å². The molecule has 0 saturated carbocycles. The Kier molecular flexibility index (Phi) is 5.37. The summed E-state index contributed by atoms with van der Waals surface area (Å²) in [4.78, 5) is 16.4. The first-order chi connectivity index (χ1) is 9.97. The van der Waals surface area contributed by atoms with Crippen LogP contribution in [-0.4, -0.2) is 10.9 Å². The lowest BCUT2D eigenvalue weighted by Crippen LogP contribution is -2.31. The number of aromatic nitrogens is 1. The van der Waals surface area contributed by atoms with Crippen molar-refractivity contribution in [2.75, 3.05) is 0 Å². The normalized spacial score (nSPS) is 12.2. The summed E-state index contributed by atoms with van der Waals surface area (Å²) in [5.74, 6) is 0.127. The van der Waals surface area contributed by atoms with Crippen LogP contribution in [-0.2, 0) is 0 Å². The van der Waals surface area contributed by atoms with Gasteiger partial charge >= 0.3 is 0 Å². The average molecular weight is 368 g/mol. The van der Waals surface area contributed by atoms with Crippen molar-refractivity contribution in [3.8, 4) is 0 Å². The van der Waals surface area contributed by atoms with Crippen molar-refractivity contribution in [2.24, 2.45) is 5.92 Å². The number of halogens is 2. The zero-order valence-corrected chi connectivity index (χ0v) is 14.1. The minimum atomic E-state index is -0.136. The molecule has 0 spiro atoms. The van der Waals surface area contributed by atoms with Gasteiger partial charge in [0.1, 0.15) is 4.60 Å². The molecule has 1 N–H and O–H groups in total. The van der Waals surface area contributed by atoms with E-state index in [1.165, 1.54) is 0 Å². The number of nitrogens with zero attached hydrogens (tertiary/aromatic N) is 1. The molecule has 0 aliphatic carbocycles. The quantitative estimate of drug-likeness (QED) is 0.801. The third-order valence-corrected chi connectivity index (χ3v) is 3.89. The van der Waals surface area contributed by atoms with Crippen molar-refractivity contribution >= 4 is 33.4 Å². The Morgan fingerprint density at radius 2 is 1.86 bits per heavy atom. The summed E-state index contributed by atoms with van der Waals surface area (Å²) in [5.41, 5.74) is 1.57. The van der Waals surface area contributed by atoms with E-state index in [2.05, 4.69) is 40.1 Å². The summed E-state index contributed by atoms with van der Waals surface area (Å²) in [5, 5.41) is 3.74. The van der Waals surface area contributed by atoms with E-state index in [0.29, 0.717) is 15.2 Å². The van der Waals surface area contributed by atoms with Crippen LogP contribution in [0.15, 0.2) is 47.2 Å². The van der Waals surface area contributed by atoms with Gasteiger partial charge < -0.3 is 5.32 Å². The Morgan fingerprint density at radius 3 is 2.38 bits per heavy atom. The smallest absolute Gasteiger partial charge is 0.253 e. The summed E-state index contributed by atoms with van der Waals surface area (Å²) in [6.07, 6.45) is 1.55. The van der Waals surface area contributed by atoms with Crippen LogP contribution >= 0.6 is 27.5 Å². The maximum atomic E-state index is 12.3. The van der Waals surface area contributed by atoms with Crippen LogP contribution in [0.5, 0.6) is 0 Å². The topological polar surface area (TPSA) is 42.0 Å². The Balaban J connectivity index is 2.18. The van der Waals surface area contributed by atoms with Gasteiger partial charge in [0.2, 0.25) is 0 Å². The van der Waals surface area contributed by atoms with E-state index < -0.39 is 0 Å². The van der Waals surface area contributed by atoms with Crippen LogP contribution in [0.1, 0.15) is 35.8 Å². The maximum Gasteiger partial charge on any atom is 0.253 e. The molecule has 0 bridgehead atoms. The van der Waals surface area contributed by atoms with Crippen LogP contribution in [0, 0.1) is 5.92 Å². The average Bonchev–Trinajstić information content (AvgIpc) is 2.46. The van der Waals surface area contributed by atoms with Gasteiger partial charge in [-0.25, -0.2) is 4.98 Å². The number of pyridine rings is 1. The molecule has 0 fully saturated rings. The van der Waals surface area contributed by atoms with Gasteiger partial charge in [0.25, 0.3) is 5.91 Å². The van der Waals surface area contributed by atoms with Crippen molar-refractivity contribution in [1.29, 1.82) is 0 Å². The highest BCUT2D eigenvalue weighted by Gasteiger charge is 2.19. The summed E-state index contributed by atoms with van der Waals surface area (Å²) < 4.78 is 0.706.